The van der Waals surface area contributed by atoms with Crippen LogP contribution in [-0.2, 0) is 6.42 Å². The van der Waals surface area contributed by atoms with Crippen LogP contribution in [0.2, 0.25) is 0 Å². The first-order valence-corrected chi connectivity index (χ1v) is 8.37. The van der Waals surface area contributed by atoms with Gasteiger partial charge in [-0.1, -0.05) is 18.2 Å². The Hall–Kier alpha value is -2.40. The second-order valence-electron chi connectivity index (χ2n) is 6.22. The average Bonchev–Trinajstić information content (AvgIpc) is 2.96. The number of aromatic nitrogens is 2. The van der Waals surface area contributed by atoms with Gasteiger partial charge >= 0.3 is 0 Å². The minimum absolute atomic E-state index is 0.207. The highest BCUT2D eigenvalue weighted by Crippen LogP contribution is 2.32. The van der Waals surface area contributed by atoms with E-state index in [4.69, 9.17) is 4.74 Å². The number of halogens is 1. The van der Waals surface area contributed by atoms with E-state index in [9.17, 15) is 4.39 Å². The SMILES string of the molecule is Fc1ccc2c(c1)OCCC[C@@H]2NCCc1ccc2cn[nH]c2c1. The van der Waals surface area contributed by atoms with Crippen LogP contribution in [0.5, 0.6) is 5.75 Å². The van der Waals surface area contributed by atoms with Crippen molar-refractivity contribution in [3.05, 3.63) is 59.5 Å². The van der Waals surface area contributed by atoms with Gasteiger partial charge in [-0.05, 0) is 43.5 Å². The predicted octanol–water partition coefficient (Wildman–Crippen LogP) is 3.75. The Balaban J connectivity index is 1.43. The summed E-state index contributed by atoms with van der Waals surface area (Å²) in [5.41, 5.74) is 3.39. The van der Waals surface area contributed by atoms with Crippen molar-refractivity contribution < 1.29 is 9.13 Å². The maximum absolute atomic E-state index is 13.4. The first kappa shape index (κ1) is 15.1. The highest BCUT2D eigenvalue weighted by atomic mass is 19.1. The van der Waals surface area contributed by atoms with Crippen LogP contribution in [0.25, 0.3) is 10.9 Å². The molecule has 4 rings (SSSR count). The van der Waals surface area contributed by atoms with E-state index in [2.05, 4.69) is 33.7 Å². The number of nitrogens with zero attached hydrogens (tertiary/aromatic N) is 1. The van der Waals surface area contributed by atoms with Crippen LogP contribution in [-0.4, -0.2) is 23.3 Å². The maximum Gasteiger partial charge on any atom is 0.126 e. The van der Waals surface area contributed by atoms with Crippen LogP contribution < -0.4 is 10.1 Å². The van der Waals surface area contributed by atoms with Crippen LogP contribution in [0.3, 0.4) is 0 Å². The lowest BCUT2D eigenvalue weighted by Gasteiger charge is -2.18. The molecule has 0 saturated carbocycles. The van der Waals surface area contributed by atoms with Crippen LogP contribution in [0, 0.1) is 5.82 Å². The molecule has 0 amide bonds. The van der Waals surface area contributed by atoms with Gasteiger partial charge in [0.25, 0.3) is 0 Å². The molecule has 3 aromatic rings. The van der Waals surface area contributed by atoms with Gasteiger partial charge in [0.2, 0.25) is 0 Å². The molecule has 24 heavy (non-hydrogen) atoms. The molecule has 0 spiro atoms. The van der Waals surface area contributed by atoms with Gasteiger partial charge in [0, 0.05) is 23.1 Å². The Kier molecular flexibility index (Phi) is 4.17. The van der Waals surface area contributed by atoms with Crippen LogP contribution >= 0.6 is 0 Å². The van der Waals surface area contributed by atoms with Gasteiger partial charge in [-0.15, -0.1) is 0 Å². The summed E-state index contributed by atoms with van der Waals surface area (Å²) in [4.78, 5) is 0. The molecular weight excluding hydrogens is 305 g/mol. The van der Waals surface area contributed by atoms with E-state index in [1.165, 1.54) is 17.7 Å². The number of rotatable bonds is 4. The zero-order valence-electron chi connectivity index (χ0n) is 13.4. The van der Waals surface area contributed by atoms with E-state index in [0.29, 0.717) is 12.4 Å². The molecule has 2 N–H and O–H groups in total. The first-order valence-electron chi connectivity index (χ1n) is 8.37. The fraction of sp³-hybridized carbons (Fsp3) is 0.316. The molecule has 1 aliphatic heterocycles. The molecule has 0 saturated heterocycles. The molecule has 5 heteroatoms. The van der Waals surface area contributed by atoms with Crippen LogP contribution in [0.4, 0.5) is 4.39 Å². The van der Waals surface area contributed by atoms with Gasteiger partial charge in [0.15, 0.2) is 0 Å². The first-order chi connectivity index (χ1) is 11.8. The monoisotopic (exact) mass is 325 g/mol. The van der Waals surface area contributed by atoms with Gasteiger partial charge < -0.3 is 10.1 Å². The summed E-state index contributed by atoms with van der Waals surface area (Å²) >= 11 is 0. The number of ether oxygens (including phenoxy) is 1. The van der Waals surface area contributed by atoms with Crippen LogP contribution in [0.15, 0.2) is 42.6 Å². The summed E-state index contributed by atoms with van der Waals surface area (Å²) in [6.45, 7) is 1.51. The van der Waals surface area contributed by atoms with Gasteiger partial charge in [-0.2, -0.15) is 5.10 Å². The Morgan fingerprint density at radius 3 is 3.17 bits per heavy atom. The quantitative estimate of drug-likeness (QED) is 0.768. The third-order valence-corrected chi connectivity index (χ3v) is 4.56. The second-order valence-corrected chi connectivity index (χ2v) is 6.22. The smallest absolute Gasteiger partial charge is 0.126 e. The average molecular weight is 325 g/mol. The van der Waals surface area contributed by atoms with Crippen molar-refractivity contribution in [3.63, 3.8) is 0 Å². The Morgan fingerprint density at radius 2 is 2.21 bits per heavy atom. The highest BCUT2D eigenvalue weighted by Gasteiger charge is 2.19. The van der Waals surface area contributed by atoms with Crippen molar-refractivity contribution in [2.45, 2.75) is 25.3 Å². The fourth-order valence-corrected chi connectivity index (χ4v) is 3.29. The number of H-pyrrole nitrogens is 1. The lowest BCUT2D eigenvalue weighted by atomic mass is 10.0. The van der Waals surface area contributed by atoms with Gasteiger partial charge in [0.05, 0.1) is 18.3 Å². The lowest BCUT2D eigenvalue weighted by molar-refractivity contribution is 0.314. The predicted molar refractivity (Wildman–Crippen MR) is 91.7 cm³/mol. The van der Waals surface area contributed by atoms with Crippen molar-refractivity contribution in [3.8, 4) is 5.75 Å². The summed E-state index contributed by atoms with van der Waals surface area (Å²) in [6.07, 6.45) is 4.73. The summed E-state index contributed by atoms with van der Waals surface area (Å²) in [5, 5.41) is 11.8. The topological polar surface area (TPSA) is 49.9 Å². The Labute approximate surface area is 140 Å². The number of aromatic amines is 1. The molecule has 124 valence electrons. The third kappa shape index (κ3) is 3.12. The van der Waals surface area contributed by atoms with Crippen LogP contribution in [0.1, 0.15) is 30.0 Å². The van der Waals surface area contributed by atoms with E-state index in [-0.39, 0.29) is 11.9 Å². The largest absolute Gasteiger partial charge is 0.493 e. The molecule has 4 nitrogen and oxygen atoms in total. The summed E-state index contributed by atoms with van der Waals surface area (Å²) < 4.78 is 19.1. The van der Waals surface area contributed by atoms with Crippen molar-refractivity contribution >= 4 is 10.9 Å². The van der Waals surface area contributed by atoms with Crippen molar-refractivity contribution in [2.75, 3.05) is 13.2 Å². The number of hydrogen-bond acceptors (Lipinski definition) is 3. The standard InChI is InChI=1S/C19H20FN3O/c20-15-5-6-16-17(2-1-9-24-19(16)11-15)21-8-7-13-3-4-14-12-22-23-18(14)10-13/h3-6,10-12,17,21H,1-2,7-9H2,(H,22,23)/t17-/m0/s1. The molecule has 0 unspecified atom stereocenters. The second kappa shape index (κ2) is 6.61. The van der Waals surface area contributed by atoms with E-state index in [1.54, 1.807) is 0 Å². The summed E-state index contributed by atoms with van der Waals surface area (Å²) in [5.74, 6) is 0.422. The fourth-order valence-electron chi connectivity index (χ4n) is 3.29. The molecule has 2 heterocycles. The summed E-state index contributed by atoms with van der Waals surface area (Å²) in [7, 11) is 0. The van der Waals surface area contributed by atoms with Crippen molar-refractivity contribution in [1.82, 2.24) is 15.5 Å². The third-order valence-electron chi connectivity index (χ3n) is 4.56. The zero-order chi connectivity index (χ0) is 16.4. The molecule has 1 atom stereocenters. The van der Waals surface area contributed by atoms with Gasteiger partial charge in [0.1, 0.15) is 11.6 Å². The lowest BCUT2D eigenvalue weighted by Crippen LogP contribution is -2.23. The molecule has 0 bridgehead atoms. The van der Waals surface area contributed by atoms with E-state index in [1.807, 2.05) is 12.3 Å². The van der Waals surface area contributed by atoms with Crippen molar-refractivity contribution in [1.29, 1.82) is 0 Å². The number of nitrogens with one attached hydrogen (secondary N) is 2. The maximum atomic E-state index is 13.4. The van der Waals surface area contributed by atoms with Gasteiger partial charge in [-0.25, -0.2) is 4.39 Å². The normalized spacial score (nSPS) is 17.3. The number of hydrogen-bond donors (Lipinski definition) is 2. The molecule has 0 fully saturated rings. The zero-order valence-corrected chi connectivity index (χ0v) is 13.4. The van der Waals surface area contributed by atoms with Gasteiger partial charge in [-0.3, -0.25) is 5.10 Å². The minimum atomic E-state index is -0.248. The molecule has 2 aromatic carbocycles. The van der Waals surface area contributed by atoms with E-state index >= 15 is 0 Å². The number of fused-ring (bicyclic) bond motifs is 2. The van der Waals surface area contributed by atoms with Crippen molar-refractivity contribution in [2.24, 2.45) is 0 Å². The highest BCUT2D eigenvalue weighted by molar-refractivity contribution is 5.78. The summed E-state index contributed by atoms with van der Waals surface area (Å²) in [6, 6.07) is 11.4. The molecule has 1 aliphatic rings. The molecule has 0 aliphatic carbocycles. The Morgan fingerprint density at radius 1 is 1.25 bits per heavy atom. The van der Waals surface area contributed by atoms with E-state index in [0.717, 1.165) is 42.3 Å². The molecule has 0 radical (unpaired) electrons. The minimum Gasteiger partial charge on any atom is -0.493 e. The number of benzene rings is 2. The van der Waals surface area contributed by atoms with E-state index < -0.39 is 0 Å². The Bertz CT molecular complexity index is 845. The molecule has 1 aromatic heterocycles. The molecular formula is C19H20FN3O.